The van der Waals surface area contributed by atoms with Gasteiger partial charge in [0.15, 0.2) is 5.96 Å². The van der Waals surface area contributed by atoms with E-state index in [1.165, 1.54) is 69.8 Å². The number of unbranched alkanes of at least 4 members (excludes halogenated alkanes) is 9. The first-order valence-corrected chi connectivity index (χ1v) is 11.1. The fraction of sp³-hybridized carbons (Fsp3) is 0.652. The Kier molecular flexibility index (Phi) is 9.32. The highest BCUT2D eigenvalue weighted by molar-refractivity contribution is 5.97. The van der Waals surface area contributed by atoms with Crippen molar-refractivity contribution in [1.29, 1.82) is 0 Å². The summed E-state index contributed by atoms with van der Waals surface area (Å²) in [6.07, 6.45) is 16.1. The minimum absolute atomic E-state index is 0.249. The molecule has 0 aromatic heterocycles. The molecule has 5 nitrogen and oxygen atoms in total. The molecule has 0 saturated heterocycles. The van der Waals surface area contributed by atoms with Crippen LogP contribution in [0.3, 0.4) is 0 Å². The number of nitrogens with two attached hydrogens (primary N) is 2. The van der Waals surface area contributed by atoms with Crippen molar-refractivity contribution < 1.29 is 4.79 Å². The van der Waals surface area contributed by atoms with E-state index in [0.717, 1.165) is 12.1 Å². The molecule has 1 aromatic carbocycles. The van der Waals surface area contributed by atoms with Crippen LogP contribution in [-0.4, -0.2) is 17.4 Å². The summed E-state index contributed by atoms with van der Waals surface area (Å²) < 4.78 is 0. The van der Waals surface area contributed by atoms with Crippen LogP contribution in [0, 0.1) is 0 Å². The summed E-state index contributed by atoms with van der Waals surface area (Å²) in [4.78, 5) is 15.6. The van der Waals surface area contributed by atoms with Crippen molar-refractivity contribution in [2.75, 3.05) is 5.32 Å². The maximum Gasteiger partial charge on any atom is 0.245 e. The fourth-order valence-electron chi connectivity index (χ4n) is 3.51. The molecule has 28 heavy (non-hydrogen) atoms. The van der Waals surface area contributed by atoms with E-state index in [1.807, 2.05) is 12.1 Å². The fourth-order valence-corrected chi connectivity index (χ4v) is 3.51. The van der Waals surface area contributed by atoms with E-state index >= 15 is 0 Å². The standard InChI is InChI=1S/C23H38N4O/c1-2-3-4-5-6-7-8-9-10-11-12-19-13-15-20(16-14-19)26-22(25)27-23(17-18-23)21(24)28/h13-16H,2-12,17-18H2,1H3,(H2,24,28)(H3,25,26,27). The molecular weight excluding hydrogens is 348 g/mol. The summed E-state index contributed by atoms with van der Waals surface area (Å²) in [6, 6.07) is 8.28. The molecule has 1 fully saturated rings. The van der Waals surface area contributed by atoms with Crippen LogP contribution < -0.4 is 16.8 Å². The zero-order valence-corrected chi connectivity index (χ0v) is 17.5. The smallest absolute Gasteiger partial charge is 0.245 e. The van der Waals surface area contributed by atoms with Gasteiger partial charge in [-0.3, -0.25) is 4.79 Å². The van der Waals surface area contributed by atoms with E-state index in [4.69, 9.17) is 11.5 Å². The highest BCUT2D eigenvalue weighted by atomic mass is 16.1. The first-order valence-electron chi connectivity index (χ1n) is 11.1. The van der Waals surface area contributed by atoms with Crippen molar-refractivity contribution in [3.05, 3.63) is 29.8 Å². The molecule has 0 unspecified atom stereocenters. The Morgan fingerprint density at radius 1 is 0.929 bits per heavy atom. The Bertz CT molecular complexity index is 620. The van der Waals surface area contributed by atoms with E-state index < -0.39 is 11.4 Å². The average molecular weight is 387 g/mol. The SMILES string of the molecule is CCCCCCCCCCCCc1ccc(NC(N)=NC2(C(N)=O)CC2)cc1. The number of aliphatic imine (C=N–C) groups is 1. The predicted molar refractivity (Wildman–Crippen MR) is 118 cm³/mol. The van der Waals surface area contributed by atoms with Gasteiger partial charge in [0.05, 0.1) is 0 Å². The molecule has 5 heteroatoms. The maximum atomic E-state index is 11.4. The van der Waals surface area contributed by atoms with Gasteiger partial charge in [-0.15, -0.1) is 0 Å². The molecule has 1 amide bonds. The lowest BCUT2D eigenvalue weighted by atomic mass is 10.0. The Hall–Kier alpha value is -2.04. The summed E-state index contributed by atoms with van der Waals surface area (Å²) in [7, 11) is 0. The van der Waals surface area contributed by atoms with E-state index in [2.05, 4.69) is 29.4 Å². The molecule has 0 bridgehead atoms. The highest BCUT2D eigenvalue weighted by Crippen LogP contribution is 2.39. The van der Waals surface area contributed by atoms with Crippen LogP contribution in [0.1, 0.15) is 89.5 Å². The number of guanidine groups is 1. The number of benzene rings is 1. The summed E-state index contributed by atoms with van der Waals surface area (Å²) in [5.74, 6) is -0.150. The molecule has 156 valence electrons. The zero-order chi connectivity index (χ0) is 20.2. The third kappa shape index (κ3) is 7.91. The van der Waals surface area contributed by atoms with Crippen LogP contribution >= 0.6 is 0 Å². The summed E-state index contributed by atoms with van der Waals surface area (Å²) in [5, 5.41) is 3.05. The largest absolute Gasteiger partial charge is 0.370 e. The highest BCUT2D eigenvalue weighted by Gasteiger charge is 2.49. The number of primary amides is 1. The van der Waals surface area contributed by atoms with E-state index in [1.54, 1.807) is 0 Å². The molecule has 0 aliphatic heterocycles. The Morgan fingerprint density at radius 3 is 1.96 bits per heavy atom. The summed E-state index contributed by atoms with van der Waals surface area (Å²) in [5.41, 5.74) is 12.7. The number of carbonyl (C=O) groups is 1. The number of anilines is 1. The van der Waals surface area contributed by atoms with Crippen LogP contribution in [0.5, 0.6) is 0 Å². The lowest BCUT2D eigenvalue weighted by molar-refractivity contribution is -0.120. The van der Waals surface area contributed by atoms with E-state index in [0.29, 0.717) is 12.8 Å². The van der Waals surface area contributed by atoms with Crippen LogP contribution in [0.25, 0.3) is 0 Å². The summed E-state index contributed by atoms with van der Waals surface area (Å²) >= 11 is 0. The summed E-state index contributed by atoms with van der Waals surface area (Å²) in [6.45, 7) is 2.27. The average Bonchev–Trinajstić information content (AvgIpc) is 3.45. The molecule has 1 aliphatic carbocycles. The van der Waals surface area contributed by atoms with Crippen molar-refractivity contribution in [1.82, 2.24) is 0 Å². The minimum atomic E-state index is -0.771. The Morgan fingerprint density at radius 2 is 1.46 bits per heavy atom. The Labute approximate surface area is 170 Å². The molecule has 0 spiro atoms. The van der Waals surface area contributed by atoms with Crippen LogP contribution in [0.2, 0.25) is 0 Å². The van der Waals surface area contributed by atoms with Gasteiger partial charge >= 0.3 is 0 Å². The van der Waals surface area contributed by atoms with Crippen LogP contribution in [0.4, 0.5) is 5.69 Å². The second-order valence-electron chi connectivity index (χ2n) is 8.15. The first kappa shape index (κ1) is 22.3. The molecule has 1 aromatic rings. The molecule has 0 radical (unpaired) electrons. The van der Waals surface area contributed by atoms with Crippen LogP contribution in [0.15, 0.2) is 29.3 Å². The number of carbonyl (C=O) groups excluding carboxylic acids is 1. The van der Waals surface area contributed by atoms with Gasteiger partial charge in [-0.2, -0.15) is 0 Å². The molecular formula is C23H38N4O. The van der Waals surface area contributed by atoms with Gasteiger partial charge in [0.25, 0.3) is 0 Å². The van der Waals surface area contributed by atoms with Crippen molar-refractivity contribution in [3.63, 3.8) is 0 Å². The third-order valence-electron chi connectivity index (χ3n) is 5.56. The van der Waals surface area contributed by atoms with Gasteiger partial charge < -0.3 is 16.8 Å². The van der Waals surface area contributed by atoms with Gasteiger partial charge in [-0.05, 0) is 43.4 Å². The molecule has 1 saturated carbocycles. The quantitative estimate of drug-likeness (QED) is 0.241. The predicted octanol–water partition coefficient (Wildman–Crippen LogP) is 4.89. The first-order chi connectivity index (χ1) is 13.6. The second-order valence-corrected chi connectivity index (χ2v) is 8.15. The molecule has 5 N–H and O–H groups in total. The molecule has 1 aliphatic rings. The van der Waals surface area contributed by atoms with Gasteiger partial charge in [0.2, 0.25) is 5.91 Å². The van der Waals surface area contributed by atoms with Crippen molar-refractivity contribution in [3.8, 4) is 0 Å². The van der Waals surface area contributed by atoms with E-state index in [-0.39, 0.29) is 5.96 Å². The second kappa shape index (κ2) is 11.7. The maximum absolute atomic E-state index is 11.4. The van der Waals surface area contributed by atoms with Crippen molar-refractivity contribution in [2.24, 2.45) is 16.5 Å². The third-order valence-corrected chi connectivity index (χ3v) is 5.56. The topological polar surface area (TPSA) is 93.5 Å². The van der Waals surface area contributed by atoms with Gasteiger partial charge in [-0.25, -0.2) is 4.99 Å². The van der Waals surface area contributed by atoms with Gasteiger partial charge in [-0.1, -0.05) is 76.8 Å². The number of amides is 1. The zero-order valence-electron chi connectivity index (χ0n) is 17.5. The van der Waals surface area contributed by atoms with Crippen LogP contribution in [-0.2, 0) is 11.2 Å². The lowest BCUT2D eigenvalue weighted by Gasteiger charge is -2.10. The van der Waals surface area contributed by atoms with Gasteiger partial charge in [0, 0.05) is 5.69 Å². The van der Waals surface area contributed by atoms with Gasteiger partial charge in [0.1, 0.15) is 5.54 Å². The normalized spacial score (nSPS) is 15.4. The Balaban J connectivity index is 1.59. The monoisotopic (exact) mass is 386 g/mol. The molecule has 2 rings (SSSR count). The number of nitrogens with one attached hydrogen (secondary N) is 1. The molecule has 0 heterocycles. The number of rotatable bonds is 14. The number of hydrogen-bond acceptors (Lipinski definition) is 2. The number of nitrogens with zero attached hydrogens (tertiary/aromatic N) is 1. The molecule has 0 atom stereocenters. The number of aryl methyl sites for hydroxylation is 1. The minimum Gasteiger partial charge on any atom is -0.370 e. The van der Waals surface area contributed by atoms with Crippen molar-refractivity contribution in [2.45, 2.75) is 95.9 Å². The van der Waals surface area contributed by atoms with Crippen molar-refractivity contribution >= 4 is 17.6 Å². The van der Waals surface area contributed by atoms with E-state index in [9.17, 15) is 4.79 Å². The number of hydrogen-bond donors (Lipinski definition) is 3. The lowest BCUT2D eigenvalue weighted by Crippen LogP contribution is -2.33.